The number of anilines is 1. The lowest BCUT2D eigenvalue weighted by molar-refractivity contribution is -0.384. The first kappa shape index (κ1) is 19.1. The van der Waals surface area contributed by atoms with Crippen molar-refractivity contribution in [2.24, 2.45) is 5.92 Å². The molecule has 1 atom stereocenters. The fourth-order valence-electron chi connectivity index (χ4n) is 2.97. The Morgan fingerprint density at radius 1 is 1.40 bits per heavy atom. The van der Waals surface area contributed by atoms with E-state index in [1.807, 2.05) is 0 Å². The Kier molecular flexibility index (Phi) is 5.63. The monoisotopic (exact) mass is 371 g/mol. The van der Waals surface area contributed by atoms with Gasteiger partial charge in [0.1, 0.15) is 5.69 Å². The highest BCUT2D eigenvalue weighted by Crippen LogP contribution is 2.34. The molecule has 25 heavy (non-hydrogen) atoms. The van der Waals surface area contributed by atoms with Crippen molar-refractivity contribution >= 4 is 27.4 Å². The summed E-state index contributed by atoms with van der Waals surface area (Å²) in [6.45, 7) is 4.46. The van der Waals surface area contributed by atoms with Crippen molar-refractivity contribution in [3.05, 3.63) is 28.3 Å². The molecule has 2 rings (SSSR count). The summed E-state index contributed by atoms with van der Waals surface area (Å²) in [4.78, 5) is 23.4. The summed E-state index contributed by atoms with van der Waals surface area (Å²) in [6.07, 6.45) is 0.395. The van der Waals surface area contributed by atoms with Gasteiger partial charge in [-0.1, -0.05) is 13.8 Å². The molecule has 138 valence electrons. The summed E-state index contributed by atoms with van der Waals surface area (Å²) in [7, 11) is -3.81. The zero-order chi connectivity index (χ0) is 18.8. The standard InChI is InChI=1S/C15H21N3O6S/c1-3-17(4-2)25(23,24)12-5-6-13(14(9-12)18(21)22)16-8-7-11(10-16)15(19)20/h5-6,9,11H,3-4,7-8,10H2,1-2H3,(H,19,20). The molecule has 0 bridgehead atoms. The first-order valence-corrected chi connectivity index (χ1v) is 9.42. The number of hydrogen-bond acceptors (Lipinski definition) is 6. The van der Waals surface area contributed by atoms with Crippen molar-refractivity contribution in [1.82, 2.24) is 4.31 Å². The van der Waals surface area contributed by atoms with Gasteiger partial charge in [-0.15, -0.1) is 0 Å². The molecule has 0 aliphatic carbocycles. The third-order valence-corrected chi connectivity index (χ3v) is 6.41. The van der Waals surface area contributed by atoms with E-state index in [0.29, 0.717) is 13.0 Å². The summed E-state index contributed by atoms with van der Waals surface area (Å²) in [5.74, 6) is -1.52. The normalized spacial score (nSPS) is 17.9. The Labute approximate surface area is 146 Å². The van der Waals surface area contributed by atoms with Gasteiger partial charge in [0.2, 0.25) is 10.0 Å². The number of benzene rings is 1. The highest BCUT2D eigenvalue weighted by atomic mass is 32.2. The number of aliphatic carboxylic acids is 1. The zero-order valence-electron chi connectivity index (χ0n) is 14.1. The van der Waals surface area contributed by atoms with Crippen LogP contribution in [0.3, 0.4) is 0 Å². The van der Waals surface area contributed by atoms with Crippen LogP contribution in [0.5, 0.6) is 0 Å². The maximum atomic E-state index is 12.6. The fourth-order valence-corrected chi connectivity index (χ4v) is 4.45. The van der Waals surface area contributed by atoms with Gasteiger partial charge in [-0.05, 0) is 18.6 Å². The molecule has 9 nitrogen and oxygen atoms in total. The number of nitro benzene ring substituents is 1. The zero-order valence-corrected chi connectivity index (χ0v) is 14.9. The minimum absolute atomic E-state index is 0.138. The molecule has 0 amide bonds. The number of rotatable bonds is 7. The van der Waals surface area contributed by atoms with Gasteiger partial charge in [0.05, 0.1) is 15.7 Å². The molecular weight excluding hydrogens is 350 g/mol. The molecule has 0 saturated carbocycles. The lowest BCUT2D eigenvalue weighted by atomic mass is 10.1. The van der Waals surface area contributed by atoms with Crippen LogP contribution in [0.25, 0.3) is 0 Å². The molecular formula is C15H21N3O6S. The maximum absolute atomic E-state index is 12.6. The molecule has 1 N–H and O–H groups in total. The minimum atomic E-state index is -3.81. The summed E-state index contributed by atoms with van der Waals surface area (Å²) >= 11 is 0. The number of hydrogen-bond donors (Lipinski definition) is 1. The van der Waals surface area contributed by atoms with Crippen LogP contribution in [-0.4, -0.2) is 54.9 Å². The van der Waals surface area contributed by atoms with Crippen molar-refractivity contribution in [3.63, 3.8) is 0 Å². The summed E-state index contributed by atoms with van der Waals surface area (Å²) in [5, 5.41) is 20.5. The second-order valence-corrected chi connectivity index (χ2v) is 7.70. The quantitative estimate of drug-likeness (QED) is 0.570. The molecule has 0 radical (unpaired) electrons. The Hall–Kier alpha value is -2.20. The van der Waals surface area contributed by atoms with Crippen LogP contribution in [0, 0.1) is 16.0 Å². The Bertz CT molecular complexity index is 775. The van der Waals surface area contributed by atoms with E-state index in [9.17, 15) is 23.3 Å². The second kappa shape index (κ2) is 7.36. The van der Waals surface area contributed by atoms with Crippen molar-refractivity contribution < 1.29 is 23.2 Å². The highest BCUT2D eigenvalue weighted by molar-refractivity contribution is 7.89. The molecule has 1 saturated heterocycles. The van der Waals surface area contributed by atoms with E-state index in [1.165, 1.54) is 16.4 Å². The highest BCUT2D eigenvalue weighted by Gasteiger charge is 2.33. The Morgan fingerprint density at radius 2 is 2.04 bits per heavy atom. The summed E-state index contributed by atoms with van der Waals surface area (Å²) < 4.78 is 26.3. The second-order valence-electron chi connectivity index (χ2n) is 5.77. The van der Waals surface area contributed by atoms with Crippen LogP contribution in [0.1, 0.15) is 20.3 Å². The molecule has 10 heteroatoms. The third-order valence-electron chi connectivity index (χ3n) is 4.36. The van der Waals surface area contributed by atoms with Gasteiger partial charge in [-0.25, -0.2) is 8.42 Å². The van der Waals surface area contributed by atoms with Crippen molar-refractivity contribution in [2.75, 3.05) is 31.1 Å². The molecule has 1 aliphatic rings. The van der Waals surface area contributed by atoms with Crippen LogP contribution in [-0.2, 0) is 14.8 Å². The van der Waals surface area contributed by atoms with Crippen LogP contribution in [0.2, 0.25) is 0 Å². The maximum Gasteiger partial charge on any atom is 0.308 e. The van der Waals surface area contributed by atoms with Gasteiger partial charge >= 0.3 is 5.97 Å². The SMILES string of the molecule is CCN(CC)S(=O)(=O)c1ccc(N2CCC(C(=O)O)C2)c([N+](=O)[O-])c1. The van der Waals surface area contributed by atoms with Gasteiger partial charge in [0, 0.05) is 32.2 Å². The van der Waals surface area contributed by atoms with Crippen LogP contribution in [0.15, 0.2) is 23.1 Å². The van der Waals surface area contributed by atoms with Gasteiger partial charge in [-0.2, -0.15) is 4.31 Å². The molecule has 1 aromatic rings. The van der Waals surface area contributed by atoms with Crippen molar-refractivity contribution in [1.29, 1.82) is 0 Å². The van der Waals surface area contributed by atoms with Gasteiger partial charge in [-0.3, -0.25) is 14.9 Å². The van der Waals surface area contributed by atoms with Crippen LogP contribution < -0.4 is 4.90 Å². The molecule has 1 aromatic carbocycles. The topological polar surface area (TPSA) is 121 Å². The lowest BCUT2D eigenvalue weighted by Crippen LogP contribution is -2.30. The third kappa shape index (κ3) is 3.74. The smallest absolute Gasteiger partial charge is 0.308 e. The largest absolute Gasteiger partial charge is 0.481 e. The first-order valence-electron chi connectivity index (χ1n) is 7.98. The Morgan fingerprint density at radius 3 is 2.52 bits per heavy atom. The summed E-state index contributed by atoms with van der Waals surface area (Å²) in [6, 6.07) is 3.78. The average Bonchev–Trinajstić information content (AvgIpc) is 3.05. The molecule has 1 fully saturated rings. The predicted molar refractivity (Wildman–Crippen MR) is 91.2 cm³/mol. The summed E-state index contributed by atoms with van der Waals surface area (Å²) in [5.41, 5.74) is -0.0912. The molecule has 1 heterocycles. The fraction of sp³-hybridized carbons (Fsp3) is 0.533. The van der Waals surface area contributed by atoms with E-state index in [4.69, 9.17) is 5.11 Å². The van der Waals surface area contributed by atoms with Gasteiger partial charge in [0.15, 0.2) is 0 Å². The van der Waals surface area contributed by atoms with E-state index in [1.54, 1.807) is 18.7 Å². The lowest BCUT2D eigenvalue weighted by Gasteiger charge is -2.21. The van der Waals surface area contributed by atoms with E-state index >= 15 is 0 Å². The van der Waals surface area contributed by atoms with Crippen molar-refractivity contribution in [3.8, 4) is 0 Å². The van der Waals surface area contributed by atoms with E-state index < -0.39 is 26.8 Å². The number of nitro groups is 1. The Balaban J connectivity index is 2.43. The number of carbonyl (C=O) groups is 1. The van der Waals surface area contributed by atoms with E-state index in [2.05, 4.69) is 0 Å². The molecule has 0 aromatic heterocycles. The van der Waals surface area contributed by atoms with E-state index in [0.717, 1.165) is 6.07 Å². The minimum Gasteiger partial charge on any atom is -0.481 e. The van der Waals surface area contributed by atoms with Gasteiger partial charge < -0.3 is 10.0 Å². The van der Waals surface area contributed by atoms with Gasteiger partial charge in [0.25, 0.3) is 5.69 Å². The molecule has 1 aliphatic heterocycles. The van der Waals surface area contributed by atoms with Crippen LogP contribution >= 0.6 is 0 Å². The first-order chi connectivity index (χ1) is 11.7. The van der Waals surface area contributed by atoms with Crippen molar-refractivity contribution in [2.45, 2.75) is 25.2 Å². The number of nitrogens with zero attached hydrogens (tertiary/aromatic N) is 3. The predicted octanol–water partition coefficient (Wildman–Crippen LogP) is 1.54. The number of carboxylic acids is 1. The van der Waals surface area contributed by atoms with Crippen LogP contribution in [0.4, 0.5) is 11.4 Å². The number of sulfonamides is 1. The average molecular weight is 371 g/mol. The molecule has 0 spiro atoms. The number of carboxylic acid groups (broad SMARTS) is 1. The molecule has 1 unspecified atom stereocenters. The van der Waals surface area contributed by atoms with E-state index in [-0.39, 0.29) is 35.9 Å².